The van der Waals surface area contributed by atoms with E-state index in [9.17, 15) is 73.6 Å². The number of Topliss-reactive ketones (excluding diaryl/α,β-unsaturated/α-hetero) is 1. The van der Waals surface area contributed by atoms with Crippen LogP contribution in [0.3, 0.4) is 0 Å². The Kier molecular flexibility index (Phi) is 24.7. The summed E-state index contributed by atoms with van der Waals surface area (Å²) in [6.07, 6.45) is 8.75. The first-order valence-electron chi connectivity index (χ1n) is 35.5. The zero-order valence-corrected chi connectivity index (χ0v) is 62.6. The lowest BCUT2D eigenvalue weighted by Crippen LogP contribution is -3.00. The molecule has 12 atom stereocenters. The summed E-state index contributed by atoms with van der Waals surface area (Å²) in [7, 11) is -6.10. The molecule has 105 heavy (non-hydrogen) atoms. The number of amides is 8. The number of methoxy groups -OCH3 is 1. The Morgan fingerprint density at radius 1 is 0.619 bits per heavy atom. The number of quaternary nitrogens is 1. The van der Waals surface area contributed by atoms with Crippen molar-refractivity contribution in [2.24, 2.45) is 17.3 Å². The van der Waals surface area contributed by atoms with Crippen molar-refractivity contribution in [1.82, 2.24) is 39.7 Å². The fourth-order valence-corrected chi connectivity index (χ4v) is 17.3. The zero-order valence-electron chi connectivity index (χ0n) is 60.2. The highest BCUT2D eigenvalue weighted by Crippen LogP contribution is 2.57. The number of hydrogen-bond donors (Lipinski definition) is 5. The van der Waals surface area contributed by atoms with Gasteiger partial charge in [0.1, 0.15) is 53.2 Å². The van der Waals surface area contributed by atoms with Crippen molar-refractivity contribution in [3.05, 3.63) is 108 Å². The molecule has 10 aliphatic rings. The lowest BCUT2D eigenvalue weighted by atomic mass is 9.91. The minimum absolute atomic E-state index is 0. The number of ether oxygens (including phenoxy) is 5. The third kappa shape index (κ3) is 19.0. The molecule has 33 heteroatoms. The summed E-state index contributed by atoms with van der Waals surface area (Å²) in [6.45, 7) is 18.0. The van der Waals surface area contributed by atoms with E-state index in [2.05, 4.69) is 39.0 Å². The number of carbonyl (C=O) groups is 10. The molecular weight excluding hydrogens is 1430 g/mol. The maximum absolute atomic E-state index is 14.5. The van der Waals surface area contributed by atoms with Crippen LogP contribution in [0.4, 0.5) is 28.0 Å². The largest absolute Gasteiger partial charge is 1.00 e. The van der Waals surface area contributed by atoms with Gasteiger partial charge in [0.2, 0.25) is 37.8 Å². The Bertz CT molecular complexity index is 4010. The number of nitrogens with zero attached hydrogens (tertiary/aromatic N) is 4. The molecule has 2 aromatic rings. The number of benzene rings is 2. The molecule has 6 heterocycles. The van der Waals surface area contributed by atoms with Gasteiger partial charge in [-0.1, -0.05) is 67.8 Å². The SMILES string of the molecule is C=C[C@@H]1C[C@]1(CC(=O)[C@@H]1C[C@@H](OC(=O)N2Cc3cccc(F)c3C2)[C@@H]2CCCCC[C@H](NC(=O)OC(C)(C)C)C(=O)N12)C(=O)NS(=O)(=O)C1CC1.C=C[C@@H]1C[C@]1([NH3+])C(=O)NS(=O)(=O)C1CC1.COC(=O)[C@@H]1C[C@@H](OC(=O)N2Cc3cccc(F)c3C2)[C@@H]2CC/C=C/C[C@H](NC(=O)OC(C)(C)C)C(=O)N12.[Cl-]. The molecule has 576 valence electrons. The Balaban J connectivity index is 0.000000206. The number of fused-ring (bicyclic) bond motifs is 4. The lowest BCUT2D eigenvalue weighted by molar-refractivity contribution is -0.423. The number of rotatable bonds is 16. The van der Waals surface area contributed by atoms with Crippen LogP contribution < -0.4 is 38.2 Å². The van der Waals surface area contributed by atoms with Gasteiger partial charge in [0.05, 0.1) is 54.2 Å². The third-order valence-electron chi connectivity index (χ3n) is 20.6. The summed E-state index contributed by atoms with van der Waals surface area (Å²) in [6, 6.07) is 3.84. The quantitative estimate of drug-likeness (QED) is 0.0913. The van der Waals surface area contributed by atoms with Crippen molar-refractivity contribution in [1.29, 1.82) is 0 Å². The van der Waals surface area contributed by atoms with E-state index in [1.54, 1.807) is 78.0 Å². The number of esters is 1. The smallest absolute Gasteiger partial charge is 0.410 e. The molecule has 28 nitrogen and oxygen atoms in total. The van der Waals surface area contributed by atoms with Crippen molar-refractivity contribution in [3.8, 4) is 0 Å². The predicted molar refractivity (Wildman–Crippen MR) is 369 cm³/mol. The topological polar surface area (TPSA) is 374 Å². The Hall–Kier alpha value is -8.23. The van der Waals surface area contributed by atoms with Crippen molar-refractivity contribution in [3.63, 3.8) is 0 Å². The molecule has 4 aliphatic carbocycles. The van der Waals surface area contributed by atoms with Gasteiger partial charge in [0.15, 0.2) is 11.3 Å². The van der Waals surface area contributed by atoms with Gasteiger partial charge in [-0.15, -0.1) is 13.2 Å². The normalized spacial score (nSPS) is 28.4. The monoisotopic (exact) mass is 1530 g/mol. The highest BCUT2D eigenvalue weighted by atomic mass is 35.5. The van der Waals surface area contributed by atoms with E-state index in [1.165, 1.54) is 44.9 Å². The molecule has 3 saturated heterocycles. The summed E-state index contributed by atoms with van der Waals surface area (Å²) >= 11 is 0. The lowest BCUT2D eigenvalue weighted by Gasteiger charge is -2.34. The third-order valence-corrected chi connectivity index (χ3v) is 24.3. The number of alkyl carbamates (subject to hydrolysis) is 2. The van der Waals surface area contributed by atoms with E-state index in [1.807, 2.05) is 6.08 Å². The molecule has 2 aromatic carbocycles. The second-order valence-corrected chi connectivity index (χ2v) is 34.6. The molecule has 0 aromatic heterocycles. The standard InChI is InChI=1S/C36H47FN4O9S.C27H34FN3O7.C9H14N2O3S.ClH/c1-5-22-17-36(22,32(44)39-51(47,48)23-14-15-23)18-29(42)28-16-30(49-34(46)40-19-21-10-9-11-25(37)24(21)20-40)27-13-8-6-7-12-26(31(43)41(27)28)38-33(45)50-35(2,3)4;1-27(2,3)38-25(34)29-19-11-6-5-7-12-20-22(13-21(24(33)36-4)31(20)23(19)32)37-26(35)30-14-16-9-8-10-18(28)17(16)15-30;1-2-6-5-9(6,10)8(12)11-15(13,14)7-3-4-7;/h5,9-11,22-23,26-28,30H,1,6-8,12-20H2,2-4H3,(H,38,45)(H,39,44);5-6,8-10,19-22H,7,11-15H2,1-4H3,(H,29,34);2,6-7H,1,3-5,10H2,(H,11,12);1H/b;6-5+;;/t22-,26+,27+,28+,30-,36-;19-,20-,21-,22+;6-,9-;/m101./s1. The van der Waals surface area contributed by atoms with Gasteiger partial charge < -0.3 is 62.3 Å². The molecular formula is C72H96ClF2N9O19S2. The molecule has 0 spiro atoms. The first-order valence-corrected chi connectivity index (χ1v) is 38.6. The molecule has 12 rings (SSSR count). The molecule has 0 unspecified atom stereocenters. The van der Waals surface area contributed by atoms with Crippen LogP contribution in [-0.4, -0.2) is 179 Å². The van der Waals surface area contributed by atoms with E-state index < -0.39 is 167 Å². The van der Waals surface area contributed by atoms with Gasteiger partial charge in [-0.2, -0.15) is 0 Å². The van der Waals surface area contributed by atoms with E-state index in [4.69, 9.17) is 23.7 Å². The molecule has 0 radical (unpaired) electrons. The second-order valence-electron chi connectivity index (χ2n) is 30.7. The molecule has 7 N–H and O–H groups in total. The number of hydrogen-bond acceptors (Lipinski definition) is 19. The Labute approximate surface area is 616 Å². The maximum Gasteiger partial charge on any atom is 0.410 e. The van der Waals surface area contributed by atoms with Gasteiger partial charge in [-0.25, -0.2) is 54.3 Å². The number of sulfonamides is 2. The molecule has 8 amide bonds. The fourth-order valence-electron chi connectivity index (χ4n) is 14.5. The van der Waals surface area contributed by atoms with E-state index in [-0.39, 0.29) is 94.1 Å². The van der Waals surface area contributed by atoms with Crippen molar-refractivity contribution < 1.29 is 115 Å². The van der Waals surface area contributed by atoms with E-state index >= 15 is 0 Å². The average Bonchev–Trinajstić information content (AvgIpc) is 1.57. The van der Waals surface area contributed by atoms with E-state index in [0.717, 1.165) is 0 Å². The average molecular weight is 1530 g/mol. The van der Waals surface area contributed by atoms with Crippen LogP contribution >= 0.6 is 0 Å². The highest BCUT2D eigenvalue weighted by Gasteiger charge is 2.63. The van der Waals surface area contributed by atoms with Gasteiger partial charge in [0.25, 0.3) is 5.91 Å². The number of allylic oxidation sites excluding steroid dienone is 2. The Morgan fingerprint density at radius 2 is 1.10 bits per heavy atom. The predicted octanol–water partition coefficient (Wildman–Crippen LogP) is 3.44. The first-order chi connectivity index (χ1) is 48.9. The molecule has 6 aliphatic heterocycles. The van der Waals surface area contributed by atoms with Crippen molar-refractivity contribution in [2.75, 3.05) is 7.11 Å². The fraction of sp³-hybridized carbons (Fsp3) is 0.611. The van der Waals surface area contributed by atoms with Gasteiger partial charge in [-0.05, 0) is 135 Å². The van der Waals surface area contributed by atoms with Crippen LogP contribution in [0.1, 0.15) is 173 Å². The van der Waals surface area contributed by atoms with Crippen LogP contribution in [0.2, 0.25) is 0 Å². The van der Waals surface area contributed by atoms with Crippen LogP contribution in [0.25, 0.3) is 0 Å². The van der Waals surface area contributed by atoms with Gasteiger partial charge in [0, 0.05) is 55.8 Å². The number of halogens is 3. The Morgan fingerprint density at radius 3 is 1.57 bits per heavy atom. The van der Waals surface area contributed by atoms with Crippen LogP contribution in [0.15, 0.2) is 73.9 Å². The minimum Gasteiger partial charge on any atom is -1.00 e. The summed E-state index contributed by atoms with van der Waals surface area (Å²) < 4.78 is 109. The number of carbonyl (C=O) groups excluding carboxylic acids is 10. The maximum atomic E-state index is 14.5. The number of nitrogens with one attached hydrogen (secondary N) is 4. The summed E-state index contributed by atoms with van der Waals surface area (Å²) in [5.74, 6) is -4.66. The molecule has 0 bridgehead atoms. The van der Waals surface area contributed by atoms with E-state index in [0.29, 0.717) is 92.9 Å². The number of ketones is 1. The molecule has 7 fully saturated rings. The highest BCUT2D eigenvalue weighted by molar-refractivity contribution is 7.91. The summed E-state index contributed by atoms with van der Waals surface area (Å²) in [5.41, 5.74) is 2.23. The van der Waals surface area contributed by atoms with Crippen LogP contribution in [0, 0.1) is 28.9 Å². The minimum atomic E-state index is -3.89. The van der Waals surface area contributed by atoms with Gasteiger partial charge in [-0.3, -0.25) is 38.5 Å². The van der Waals surface area contributed by atoms with Crippen molar-refractivity contribution in [2.45, 2.75) is 253 Å². The van der Waals surface area contributed by atoms with Crippen LogP contribution in [-0.2, 0) is 98.7 Å². The zero-order chi connectivity index (χ0) is 75.8. The first kappa shape index (κ1) is 80.9. The van der Waals surface area contributed by atoms with Crippen molar-refractivity contribution >= 4 is 79.8 Å². The van der Waals surface area contributed by atoms with Crippen LogP contribution in [0.5, 0.6) is 0 Å². The molecule has 4 saturated carbocycles. The van der Waals surface area contributed by atoms with Gasteiger partial charge >= 0.3 is 30.3 Å². The second kappa shape index (κ2) is 32.1. The summed E-state index contributed by atoms with van der Waals surface area (Å²) in [5, 5.41) is 4.30. The summed E-state index contributed by atoms with van der Waals surface area (Å²) in [4.78, 5) is 138.